The molecule has 1 aromatic carbocycles. The van der Waals surface area contributed by atoms with Gasteiger partial charge in [0.05, 0.1) is 12.7 Å². The van der Waals surface area contributed by atoms with Crippen molar-refractivity contribution in [3.63, 3.8) is 0 Å². The Morgan fingerprint density at radius 1 is 1.16 bits per heavy atom. The second-order valence-electron chi connectivity index (χ2n) is 6.05. The molecular formula is C21H25NO3. The van der Waals surface area contributed by atoms with E-state index in [1.54, 1.807) is 13.1 Å². The average molecular weight is 339 g/mol. The summed E-state index contributed by atoms with van der Waals surface area (Å²) < 4.78 is 11.0. The molecule has 0 saturated carbocycles. The van der Waals surface area contributed by atoms with Crippen molar-refractivity contribution in [3.05, 3.63) is 71.6 Å². The minimum absolute atomic E-state index is 0.0929. The number of hydrogen-bond acceptors (Lipinski definition) is 4. The predicted octanol–water partition coefficient (Wildman–Crippen LogP) is 4.56. The Bertz CT molecular complexity index is 706. The van der Waals surface area contributed by atoms with Gasteiger partial charge in [-0.3, -0.25) is 4.98 Å². The minimum Gasteiger partial charge on any atom is -0.463 e. The molecule has 4 nitrogen and oxygen atoms in total. The molecule has 2 rings (SSSR count). The molecule has 0 aliphatic carbocycles. The maximum absolute atomic E-state index is 11.6. The molecule has 0 saturated heterocycles. The number of benzene rings is 1. The van der Waals surface area contributed by atoms with Crippen LogP contribution in [0.4, 0.5) is 0 Å². The molecular weight excluding hydrogens is 314 g/mol. The van der Waals surface area contributed by atoms with Gasteiger partial charge < -0.3 is 9.47 Å². The molecule has 0 bridgehead atoms. The number of hydrogen-bond donors (Lipinski definition) is 0. The SMILES string of the molecule is CCOC(=O)C=C(C)c1ccc(C(OC(C)C)c2cccnc2)cc1. The number of pyridine rings is 1. The zero-order valence-corrected chi connectivity index (χ0v) is 15.2. The van der Waals surface area contributed by atoms with Gasteiger partial charge in [0.25, 0.3) is 0 Å². The van der Waals surface area contributed by atoms with Gasteiger partial charge in [-0.05, 0) is 50.5 Å². The molecule has 0 aliphatic rings. The molecule has 2 aromatic rings. The van der Waals surface area contributed by atoms with Crippen molar-refractivity contribution in [1.29, 1.82) is 0 Å². The molecule has 0 amide bonds. The van der Waals surface area contributed by atoms with Crippen LogP contribution < -0.4 is 0 Å². The summed E-state index contributed by atoms with van der Waals surface area (Å²) in [6.07, 6.45) is 5.02. The lowest BCUT2D eigenvalue weighted by Crippen LogP contribution is -2.12. The van der Waals surface area contributed by atoms with Crippen molar-refractivity contribution in [2.45, 2.75) is 39.9 Å². The minimum atomic E-state index is -0.319. The van der Waals surface area contributed by atoms with Crippen LogP contribution in [0.3, 0.4) is 0 Å². The van der Waals surface area contributed by atoms with Gasteiger partial charge in [0.1, 0.15) is 6.10 Å². The van der Waals surface area contributed by atoms with Gasteiger partial charge in [-0.2, -0.15) is 0 Å². The maximum Gasteiger partial charge on any atom is 0.331 e. The first kappa shape index (κ1) is 18.9. The Labute approximate surface area is 149 Å². The van der Waals surface area contributed by atoms with Crippen LogP contribution in [-0.2, 0) is 14.3 Å². The van der Waals surface area contributed by atoms with Crippen LogP contribution in [0.2, 0.25) is 0 Å². The summed E-state index contributed by atoms with van der Waals surface area (Å²) in [5.41, 5.74) is 3.91. The third kappa shape index (κ3) is 5.54. The van der Waals surface area contributed by atoms with E-state index in [1.807, 2.05) is 63.4 Å². The van der Waals surface area contributed by atoms with Crippen molar-refractivity contribution in [3.8, 4) is 0 Å². The lowest BCUT2D eigenvalue weighted by atomic mass is 9.99. The number of allylic oxidation sites excluding steroid dienone is 1. The van der Waals surface area contributed by atoms with Gasteiger partial charge >= 0.3 is 5.97 Å². The van der Waals surface area contributed by atoms with Gasteiger partial charge in [-0.15, -0.1) is 0 Å². The smallest absolute Gasteiger partial charge is 0.331 e. The third-order valence-corrected chi connectivity index (χ3v) is 3.69. The van der Waals surface area contributed by atoms with E-state index < -0.39 is 0 Å². The van der Waals surface area contributed by atoms with E-state index in [9.17, 15) is 4.79 Å². The van der Waals surface area contributed by atoms with E-state index in [4.69, 9.17) is 9.47 Å². The fraction of sp³-hybridized carbons (Fsp3) is 0.333. The van der Waals surface area contributed by atoms with Gasteiger partial charge in [-0.1, -0.05) is 30.3 Å². The fourth-order valence-corrected chi connectivity index (χ4v) is 2.52. The quantitative estimate of drug-likeness (QED) is 0.548. The number of carbonyl (C=O) groups is 1. The zero-order valence-electron chi connectivity index (χ0n) is 15.2. The molecule has 132 valence electrons. The Morgan fingerprint density at radius 2 is 1.88 bits per heavy atom. The molecule has 1 atom stereocenters. The summed E-state index contributed by atoms with van der Waals surface area (Å²) in [7, 11) is 0. The van der Waals surface area contributed by atoms with Crippen LogP contribution in [0.15, 0.2) is 54.9 Å². The molecule has 0 fully saturated rings. The largest absolute Gasteiger partial charge is 0.463 e. The first-order valence-electron chi connectivity index (χ1n) is 8.52. The second-order valence-corrected chi connectivity index (χ2v) is 6.05. The van der Waals surface area contributed by atoms with E-state index in [-0.39, 0.29) is 18.2 Å². The number of ether oxygens (including phenoxy) is 2. The third-order valence-electron chi connectivity index (χ3n) is 3.69. The van der Waals surface area contributed by atoms with Gasteiger partial charge in [0, 0.05) is 24.0 Å². The van der Waals surface area contributed by atoms with E-state index in [0.29, 0.717) is 6.61 Å². The van der Waals surface area contributed by atoms with Crippen LogP contribution in [0, 0.1) is 0 Å². The molecule has 1 heterocycles. The molecule has 1 unspecified atom stereocenters. The van der Waals surface area contributed by atoms with Crippen molar-refractivity contribution in [1.82, 2.24) is 4.98 Å². The summed E-state index contributed by atoms with van der Waals surface area (Å²) >= 11 is 0. The summed E-state index contributed by atoms with van der Waals surface area (Å²) in [5, 5.41) is 0. The van der Waals surface area contributed by atoms with Crippen LogP contribution >= 0.6 is 0 Å². The monoisotopic (exact) mass is 339 g/mol. The van der Waals surface area contributed by atoms with Crippen LogP contribution in [0.25, 0.3) is 5.57 Å². The van der Waals surface area contributed by atoms with Crippen molar-refractivity contribution in [2.24, 2.45) is 0 Å². The van der Waals surface area contributed by atoms with Gasteiger partial charge in [-0.25, -0.2) is 4.79 Å². The maximum atomic E-state index is 11.6. The predicted molar refractivity (Wildman–Crippen MR) is 99.0 cm³/mol. The molecule has 0 N–H and O–H groups in total. The highest BCUT2D eigenvalue weighted by Crippen LogP contribution is 2.28. The molecule has 0 radical (unpaired) electrons. The number of carbonyl (C=O) groups excluding carboxylic acids is 1. The normalized spacial score (nSPS) is 12.9. The van der Waals surface area contributed by atoms with Gasteiger partial charge in [0.15, 0.2) is 0 Å². The lowest BCUT2D eigenvalue weighted by Gasteiger charge is -2.21. The Morgan fingerprint density at radius 3 is 2.44 bits per heavy atom. The summed E-state index contributed by atoms with van der Waals surface area (Å²) in [4.78, 5) is 15.8. The first-order valence-corrected chi connectivity index (χ1v) is 8.52. The van der Waals surface area contributed by atoms with Crippen molar-refractivity contribution >= 4 is 11.5 Å². The van der Waals surface area contributed by atoms with Crippen molar-refractivity contribution < 1.29 is 14.3 Å². The van der Waals surface area contributed by atoms with Crippen LogP contribution in [0.5, 0.6) is 0 Å². The Kier molecular flexibility index (Phi) is 6.90. The van der Waals surface area contributed by atoms with Crippen LogP contribution in [-0.4, -0.2) is 23.7 Å². The van der Waals surface area contributed by atoms with E-state index >= 15 is 0 Å². The lowest BCUT2D eigenvalue weighted by molar-refractivity contribution is -0.137. The highest BCUT2D eigenvalue weighted by Gasteiger charge is 2.16. The summed E-state index contributed by atoms with van der Waals surface area (Å²) in [6, 6.07) is 12.0. The Hall–Kier alpha value is -2.46. The van der Waals surface area contributed by atoms with E-state index in [2.05, 4.69) is 4.98 Å². The average Bonchev–Trinajstić information content (AvgIpc) is 2.60. The molecule has 0 spiro atoms. The number of rotatable bonds is 7. The zero-order chi connectivity index (χ0) is 18.2. The highest BCUT2D eigenvalue weighted by atomic mass is 16.5. The van der Waals surface area contributed by atoms with E-state index in [1.165, 1.54) is 6.08 Å². The number of nitrogens with zero attached hydrogens (tertiary/aromatic N) is 1. The number of esters is 1. The summed E-state index contributed by atoms with van der Waals surface area (Å²) in [6.45, 7) is 8.10. The molecule has 25 heavy (non-hydrogen) atoms. The molecule has 4 heteroatoms. The van der Waals surface area contributed by atoms with Gasteiger partial charge in [0.2, 0.25) is 0 Å². The molecule has 0 aliphatic heterocycles. The second kappa shape index (κ2) is 9.14. The first-order chi connectivity index (χ1) is 12.0. The standard InChI is InChI=1S/C21H25NO3/c1-5-24-20(23)13-16(4)17-8-10-18(11-9-17)21(25-15(2)3)19-7-6-12-22-14-19/h6-15,21H,5H2,1-4H3. The van der Waals surface area contributed by atoms with Crippen molar-refractivity contribution in [2.75, 3.05) is 6.61 Å². The summed E-state index contributed by atoms with van der Waals surface area (Å²) in [5.74, 6) is -0.319. The Balaban J connectivity index is 2.25. The van der Waals surface area contributed by atoms with Crippen LogP contribution in [0.1, 0.15) is 50.5 Å². The fourth-order valence-electron chi connectivity index (χ4n) is 2.52. The van der Waals surface area contributed by atoms with E-state index in [0.717, 1.165) is 22.3 Å². The number of aromatic nitrogens is 1. The highest BCUT2D eigenvalue weighted by molar-refractivity contribution is 5.90. The molecule has 1 aromatic heterocycles. The topological polar surface area (TPSA) is 48.4 Å².